The Bertz CT molecular complexity index is 463. The molecule has 0 aliphatic carbocycles. The van der Waals surface area contributed by atoms with Gasteiger partial charge in [-0.25, -0.2) is 0 Å². The van der Waals surface area contributed by atoms with E-state index in [1.54, 1.807) is 0 Å². The summed E-state index contributed by atoms with van der Waals surface area (Å²) in [4.78, 5) is 2.32. The molecule has 1 unspecified atom stereocenters. The number of nitrogens with two attached hydrogens (primary N) is 1. The van der Waals surface area contributed by atoms with Crippen LogP contribution in [-0.4, -0.2) is 43.8 Å². The number of piperidine rings is 1. The molecule has 0 aromatic heterocycles. The smallest absolute Gasteiger partial charge is 0.161 e. The molecule has 0 radical (unpaired) electrons. The van der Waals surface area contributed by atoms with Gasteiger partial charge in [-0.15, -0.1) is 0 Å². The average molecular weight is 262 g/mol. The molecule has 19 heavy (non-hydrogen) atoms. The van der Waals surface area contributed by atoms with Gasteiger partial charge in [0.05, 0.1) is 0 Å². The molecule has 0 bridgehead atoms. The van der Waals surface area contributed by atoms with Crippen molar-refractivity contribution in [2.24, 2.45) is 5.73 Å². The molecule has 3 rings (SSSR count). The molecule has 2 aliphatic rings. The van der Waals surface area contributed by atoms with Crippen molar-refractivity contribution < 1.29 is 9.47 Å². The zero-order chi connectivity index (χ0) is 13.3. The number of nitrogens with zero attached hydrogens (tertiary/aromatic N) is 1. The maximum absolute atomic E-state index is 6.54. The lowest BCUT2D eigenvalue weighted by Crippen LogP contribution is -2.54. The third-order valence-electron chi connectivity index (χ3n) is 3.96. The lowest BCUT2D eigenvalue weighted by Gasteiger charge is -2.38. The van der Waals surface area contributed by atoms with Crippen LogP contribution in [0.2, 0.25) is 0 Å². The molecule has 104 valence electrons. The summed E-state index contributed by atoms with van der Waals surface area (Å²) in [6.45, 7) is 3.38. The number of rotatable bonds is 2. The second kappa shape index (κ2) is 5.02. The first-order valence-corrected chi connectivity index (χ1v) is 7.01. The number of likely N-dealkylation sites (N-methyl/N-ethyl adjacent to an activating group) is 1. The van der Waals surface area contributed by atoms with Crippen LogP contribution in [0.25, 0.3) is 0 Å². The van der Waals surface area contributed by atoms with Crippen LogP contribution in [0, 0.1) is 0 Å². The van der Waals surface area contributed by atoms with Crippen LogP contribution in [0.5, 0.6) is 11.5 Å². The largest absolute Gasteiger partial charge is 0.486 e. The summed E-state index contributed by atoms with van der Waals surface area (Å²) in [6.07, 6.45) is 3.16. The van der Waals surface area contributed by atoms with Crippen LogP contribution in [-0.2, 0) is 6.42 Å². The van der Waals surface area contributed by atoms with Crippen LogP contribution >= 0.6 is 0 Å². The van der Waals surface area contributed by atoms with E-state index in [0.29, 0.717) is 13.2 Å². The fourth-order valence-corrected chi connectivity index (χ4v) is 3.15. The molecule has 4 nitrogen and oxygen atoms in total. The lowest BCUT2D eigenvalue weighted by atomic mass is 9.84. The van der Waals surface area contributed by atoms with Crippen molar-refractivity contribution >= 4 is 0 Å². The minimum Gasteiger partial charge on any atom is -0.486 e. The minimum absolute atomic E-state index is 0.114. The highest BCUT2D eigenvalue weighted by Crippen LogP contribution is 2.32. The van der Waals surface area contributed by atoms with Crippen LogP contribution in [0.15, 0.2) is 18.2 Å². The molecule has 1 saturated heterocycles. The van der Waals surface area contributed by atoms with Crippen molar-refractivity contribution in [3.8, 4) is 11.5 Å². The van der Waals surface area contributed by atoms with Gasteiger partial charge in [0.25, 0.3) is 0 Å². The maximum atomic E-state index is 6.54. The van der Waals surface area contributed by atoms with E-state index in [9.17, 15) is 0 Å². The van der Waals surface area contributed by atoms with E-state index in [2.05, 4.69) is 24.1 Å². The van der Waals surface area contributed by atoms with Gasteiger partial charge in [-0.2, -0.15) is 0 Å². The van der Waals surface area contributed by atoms with E-state index in [4.69, 9.17) is 15.2 Å². The van der Waals surface area contributed by atoms with Crippen molar-refractivity contribution in [1.82, 2.24) is 4.90 Å². The second-order valence-corrected chi connectivity index (χ2v) is 5.86. The van der Waals surface area contributed by atoms with Crippen molar-refractivity contribution in [2.75, 3.05) is 33.4 Å². The standard InChI is InChI=1S/C15H22N2O2/c1-17-6-2-5-15(16,11-17)10-12-3-4-13-14(9-12)19-8-7-18-13/h3-4,9H,2,5-8,10-11,16H2,1H3. The Morgan fingerprint density at radius 2 is 2.05 bits per heavy atom. The number of benzene rings is 1. The second-order valence-electron chi connectivity index (χ2n) is 5.86. The molecule has 2 aliphatic heterocycles. The quantitative estimate of drug-likeness (QED) is 0.876. The molecule has 0 saturated carbocycles. The van der Waals surface area contributed by atoms with Gasteiger partial charge in [0.2, 0.25) is 0 Å². The molecule has 0 spiro atoms. The number of fused-ring (bicyclic) bond motifs is 1. The maximum Gasteiger partial charge on any atom is 0.161 e. The van der Waals surface area contributed by atoms with Crippen molar-refractivity contribution in [3.63, 3.8) is 0 Å². The molecule has 1 fully saturated rings. The third kappa shape index (κ3) is 2.85. The topological polar surface area (TPSA) is 47.7 Å². The van der Waals surface area contributed by atoms with E-state index in [1.165, 1.54) is 12.0 Å². The van der Waals surface area contributed by atoms with Crippen LogP contribution in [0.3, 0.4) is 0 Å². The van der Waals surface area contributed by atoms with Crippen LogP contribution in [0.1, 0.15) is 18.4 Å². The lowest BCUT2D eigenvalue weighted by molar-refractivity contribution is 0.169. The van der Waals surface area contributed by atoms with E-state index < -0.39 is 0 Å². The van der Waals surface area contributed by atoms with Gasteiger partial charge < -0.3 is 20.1 Å². The first-order valence-electron chi connectivity index (χ1n) is 7.01. The number of ether oxygens (including phenoxy) is 2. The summed E-state index contributed by atoms with van der Waals surface area (Å²) in [5.41, 5.74) is 7.67. The van der Waals surface area contributed by atoms with E-state index in [0.717, 1.165) is 37.4 Å². The average Bonchev–Trinajstić information content (AvgIpc) is 2.38. The predicted octanol–water partition coefficient (Wildman–Crippen LogP) is 1.42. The van der Waals surface area contributed by atoms with Gasteiger partial charge in [0.1, 0.15) is 13.2 Å². The van der Waals surface area contributed by atoms with Gasteiger partial charge in [0, 0.05) is 12.1 Å². The van der Waals surface area contributed by atoms with Gasteiger partial charge >= 0.3 is 0 Å². The fraction of sp³-hybridized carbons (Fsp3) is 0.600. The summed E-state index contributed by atoms with van der Waals surface area (Å²) in [7, 11) is 2.14. The molecule has 1 aromatic carbocycles. The molecule has 2 heterocycles. The number of hydrogen-bond acceptors (Lipinski definition) is 4. The molecule has 0 amide bonds. The van der Waals surface area contributed by atoms with E-state index in [-0.39, 0.29) is 5.54 Å². The van der Waals surface area contributed by atoms with Gasteiger partial charge in [-0.1, -0.05) is 6.07 Å². The molecule has 1 aromatic rings. The van der Waals surface area contributed by atoms with Crippen molar-refractivity contribution in [3.05, 3.63) is 23.8 Å². The Labute approximate surface area is 114 Å². The van der Waals surface area contributed by atoms with Gasteiger partial charge in [-0.3, -0.25) is 0 Å². The van der Waals surface area contributed by atoms with Crippen LogP contribution in [0.4, 0.5) is 0 Å². The zero-order valence-electron chi connectivity index (χ0n) is 11.5. The first-order chi connectivity index (χ1) is 9.15. The minimum atomic E-state index is -0.114. The first kappa shape index (κ1) is 12.8. The molecular formula is C15H22N2O2. The summed E-state index contributed by atoms with van der Waals surface area (Å²) in [5, 5.41) is 0. The summed E-state index contributed by atoms with van der Waals surface area (Å²) < 4.78 is 11.2. The predicted molar refractivity (Wildman–Crippen MR) is 74.8 cm³/mol. The Morgan fingerprint density at radius 1 is 1.26 bits per heavy atom. The molecular weight excluding hydrogens is 240 g/mol. The fourth-order valence-electron chi connectivity index (χ4n) is 3.15. The monoisotopic (exact) mass is 262 g/mol. The van der Waals surface area contributed by atoms with Crippen molar-refractivity contribution in [2.45, 2.75) is 24.8 Å². The van der Waals surface area contributed by atoms with E-state index in [1.807, 2.05) is 6.07 Å². The Hall–Kier alpha value is -1.26. The Balaban J connectivity index is 1.75. The molecule has 1 atom stereocenters. The molecule has 4 heteroatoms. The SMILES string of the molecule is CN1CCCC(N)(Cc2ccc3c(c2)OCCO3)C1. The third-order valence-corrected chi connectivity index (χ3v) is 3.96. The number of hydrogen-bond donors (Lipinski definition) is 1. The highest BCUT2D eigenvalue weighted by Gasteiger charge is 2.30. The van der Waals surface area contributed by atoms with Gasteiger partial charge in [-0.05, 0) is 50.6 Å². The zero-order valence-corrected chi connectivity index (χ0v) is 11.5. The highest BCUT2D eigenvalue weighted by molar-refractivity contribution is 5.44. The van der Waals surface area contributed by atoms with E-state index >= 15 is 0 Å². The Morgan fingerprint density at radius 3 is 2.84 bits per heavy atom. The summed E-state index contributed by atoms with van der Waals surface area (Å²) in [5.74, 6) is 1.71. The number of likely N-dealkylation sites (tertiary alicyclic amines) is 1. The normalized spacial score (nSPS) is 27.3. The van der Waals surface area contributed by atoms with Crippen molar-refractivity contribution in [1.29, 1.82) is 0 Å². The Kier molecular flexibility index (Phi) is 3.37. The molecule has 2 N–H and O–H groups in total. The van der Waals surface area contributed by atoms with Crippen LogP contribution < -0.4 is 15.2 Å². The van der Waals surface area contributed by atoms with Gasteiger partial charge in [0.15, 0.2) is 11.5 Å². The highest BCUT2D eigenvalue weighted by atomic mass is 16.6. The summed E-state index contributed by atoms with van der Waals surface area (Å²) in [6, 6.07) is 6.19. The summed E-state index contributed by atoms with van der Waals surface area (Å²) >= 11 is 0.